The maximum Gasteiger partial charge on any atom is 0.416 e. The number of hydrogen-bond donors (Lipinski definition) is 0. The van der Waals surface area contributed by atoms with Crippen molar-refractivity contribution >= 4 is 0 Å². The minimum Gasteiger partial charge on any atom is -0.360 e. The molecule has 0 N–H and O–H groups in total. The predicted octanol–water partition coefficient (Wildman–Crippen LogP) is 3.89. The standard InChI is InChI=1S/C15H17F3N2O/c1-3-13-8-14(21-19-13)10-20(2)9-11-5-4-6-12(7-11)15(16,17)18/h4-8H,3,9-10H2,1-2H3. The van der Waals surface area contributed by atoms with Crippen LogP contribution in [0.3, 0.4) is 0 Å². The number of aryl methyl sites for hydroxylation is 1. The highest BCUT2D eigenvalue weighted by molar-refractivity contribution is 5.25. The van der Waals surface area contributed by atoms with Crippen LogP contribution >= 0.6 is 0 Å². The summed E-state index contributed by atoms with van der Waals surface area (Å²) in [5.74, 6) is 0.710. The Morgan fingerprint density at radius 3 is 2.57 bits per heavy atom. The van der Waals surface area contributed by atoms with Crippen LogP contribution in [0.4, 0.5) is 13.2 Å². The number of nitrogens with zero attached hydrogens (tertiary/aromatic N) is 2. The van der Waals surface area contributed by atoms with E-state index in [9.17, 15) is 13.2 Å². The van der Waals surface area contributed by atoms with E-state index >= 15 is 0 Å². The quantitative estimate of drug-likeness (QED) is 0.838. The average Bonchev–Trinajstić information content (AvgIpc) is 2.85. The summed E-state index contributed by atoms with van der Waals surface area (Å²) >= 11 is 0. The van der Waals surface area contributed by atoms with Gasteiger partial charge < -0.3 is 4.52 Å². The van der Waals surface area contributed by atoms with E-state index in [1.807, 2.05) is 24.9 Å². The molecule has 0 saturated carbocycles. The number of halogens is 3. The van der Waals surface area contributed by atoms with Crippen molar-refractivity contribution in [3.8, 4) is 0 Å². The summed E-state index contributed by atoms with van der Waals surface area (Å²) in [6.07, 6.45) is -3.52. The minimum absolute atomic E-state index is 0.409. The molecule has 2 rings (SSSR count). The highest BCUT2D eigenvalue weighted by Crippen LogP contribution is 2.29. The van der Waals surface area contributed by atoms with Crippen LogP contribution in [0.5, 0.6) is 0 Å². The van der Waals surface area contributed by atoms with Crippen LogP contribution in [0.25, 0.3) is 0 Å². The predicted molar refractivity (Wildman–Crippen MR) is 72.5 cm³/mol. The summed E-state index contributed by atoms with van der Waals surface area (Å²) in [5.41, 5.74) is 0.862. The Balaban J connectivity index is 2.00. The molecule has 1 heterocycles. The number of aromatic nitrogens is 1. The van der Waals surface area contributed by atoms with Gasteiger partial charge in [-0.2, -0.15) is 13.2 Å². The molecule has 0 spiro atoms. The van der Waals surface area contributed by atoms with Gasteiger partial charge in [0.1, 0.15) is 0 Å². The van der Waals surface area contributed by atoms with Crippen molar-refractivity contribution in [3.63, 3.8) is 0 Å². The van der Waals surface area contributed by atoms with Gasteiger partial charge in [0.05, 0.1) is 17.8 Å². The van der Waals surface area contributed by atoms with Gasteiger partial charge in [0.25, 0.3) is 0 Å². The molecule has 0 fully saturated rings. The van der Waals surface area contributed by atoms with Crippen LogP contribution in [0.2, 0.25) is 0 Å². The summed E-state index contributed by atoms with van der Waals surface area (Å²) in [7, 11) is 1.83. The Bertz CT molecular complexity index is 593. The molecule has 0 amide bonds. The van der Waals surface area contributed by atoms with Crippen LogP contribution in [-0.2, 0) is 25.7 Å². The smallest absolute Gasteiger partial charge is 0.360 e. The van der Waals surface area contributed by atoms with Gasteiger partial charge in [0, 0.05) is 12.6 Å². The van der Waals surface area contributed by atoms with Gasteiger partial charge in [0.15, 0.2) is 5.76 Å². The fourth-order valence-corrected chi connectivity index (χ4v) is 2.08. The van der Waals surface area contributed by atoms with Gasteiger partial charge >= 0.3 is 6.18 Å². The zero-order valence-corrected chi connectivity index (χ0v) is 11.9. The lowest BCUT2D eigenvalue weighted by Gasteiger charge is -2.16. The zero-order valence-electron chi connectivity index (χ0n) is 11.9. The van der Waals surface area contributed by atoms with Crippen molar-refractivity contribution in [1.82, 2.24) is 10.1 Å². The van der Waals surface area contributed by atoms with Crippen LogP contribution in [0.1, 0.15) is 29.5 Å². The fourth-order valence-electron chi connectivity index (χ4n) is 2.08. The van der Waals surface area contributed by atoms with Gasteiger partial charge in [-0.25, -0.2) is 0 Å². The number of benzene rings is 1. The molecular formula is C15H17F3N2O. The third-order valence-corrected chi connectivity index (χ3v) is 3.10. The first-order valence-electron chi connectivity index (χ1n) is 6.67. The molecule has 21 heavy (non-hydrogen) atoms. The maximum atomic E-state index is 12.7. The second-order valence-corrected chi connectivity index (χ2v) is 5.01. The molecule has 0 aliphatic rings. The molecule has 6 heteroatoms. The Morgan fingerprint density at radius 1 is 1.19 bits per heavy atom. The molecule has 1 aromatic heterocycles. The normalized spacial score (nSPS) is 12.1. The fraction of sp³-hybridized carbons (Fsp3) is 0.400. The lowest BCUT2D eigenvalue weighted by atomic mass is 10.1. The summed E-state index contributed by atoms with van der Waals surface area (Å²) in [6.45, 7) is 2.89. The number of hydrogen-bond acceptors (Lipinski definition) is 3. The summed E-state index contributed by atoms with van der Waals surface area (Å²) < 4.78 is 43.1. The molecular weight excluding hydrogens is 281 g/mol. The molecule has 0 aliphatic heterocycles. The third-order valence-electron chi connectivity index (χ3n) is 3.10. The van der Waals surface area contributed by atoms with Crippen molar-refractivity contribution < 1.29 is 17.7 Å². The van der Waals surface area contributed by atoms with E-state index in [-0.39, 0.29) is 0 Å². The highest BCUT2D eigenvalue weighted by Gasteiger charge is 2.30. The molecule has 114 valence electrons. The molecule has 2 aromatic rings. The SMILES string of the molecule is CCc1cc(CN(C)Cc2cccc(C(F)(F)F)c2)on1. The van der Waals surface area contributed by atoms with E-state index in [0.717, 1.165) is 18.2 Å². The Labute approximate surface area is 121 Å². The Hall–Kier alpha value is -1.82. The summed E-state index contributed by atoms with van der Waals surface area (Å²) in [5, 5.41) is 3.89. The van der Waals surface area contributed by atoms with E-state index in [2.05, 4.69) is 5.16 Å². The average molecular weight is 298 g/mol. The highest BCUT2D eigenvalue weighted by atomic mass is 19.4. The zero-order chi connectivity index (χ0) is 15.5. The molecule has 0 bridgehead atoms. The summed E-state index contributed by atoms with van der Waals surface area (Å²) in [6, 6.07) is 7.23. The van der Waals surface area contributed by atoms with E-state index in [1.165, 1.54) is 12.1 Å². The molecule has 0 saturated heterocycles. The topological polar surface area (TPSA) is 29.3 Å². The molecule has 0 aliphatic carbocycles. The largest absolute Gasteiger partial charge is 0.416 e. The number of alkyl halides is 3. The van der Waals surface area contributed by atoms with Gasteiger partial charge in [-0.1, -0.05) is 30.3 Å². The van der Waals surface area contributed by atoms with Crippen molar-refractivity contribution in [2.24, 2.45) is 0 Å². The van der Waals surface area contributed by atoms with E-state index in [4.69, 9.17) is 4.52 Å². The molecule has 0 radical (unpaired) electrons. The molecule has 0 unspecified atom stereocenters. The summed E-state index contributed by atoms with van der Waals surface area (Å²) in [4.78, 5) is 1.88. The van der Waals surface area contributed by atoms with Gasteiger partial charge in [-0.15, -0.1) is 0 Å². The van der Waals surface area contributed by atoms with Crippen molar-refractivity contribution in [1.29, 1.82) is 0 Å². The van der Waals surface area contributed by atoms with Crippen LogP contribution in [-0.4, -0.2) is 17.1 Å². The van der Waals surface area contributed by atoms with Crippen molar-refractivity contribution in [3.05, 3.63) is 52.9 Å². The third kappa shape index (κ3) is 4.32. The lowest BCUT2D eigenvalue weighted by molar-refractivity contribution is -0.137. The lowest BCUT2D eigenvalue weighted by Crippen LogP contribution is -2.17. The van der Waals surface area contributed by atoms with Crippen molar-refractivity contribution in [2.45, 2.75) is 32.6 Å². The monoisotopic (exact) mass is 298 g/mol. The van der Waals surface area contributed by atoms with E-state index in [0.29, 0.717) is 24.4 Å². The van der Waals surface area contributed by atoms with Crippen LogP contribution in [0, 0.1) is 0 Å². The van der Waals surface area contributed by atoms with Gasteiger partial charge in [-0.3, -0.25) is 4.90 Å². The van der Waals surface area contributed by atoms with Gasteiger partial charge in [0.2, 0.25) is 0 Å². The molecule has 0 atom stereocenters. The van der Waals surface area contributed by atoms with Crippen LogP contribution < -0.4 is 0 Å². The van der Waals surface area contributed by atoms with E-state index in [1.54, 1.807) is 6.07 Å². The van der Waals surface area contributed by atoms with Crippen molar-refractivity contribution in [2.75, 3.05) is 7.05 Å². The van der Waals surface area contributed by atoms with Gasteiger partial charge in [-0.05, 0) is 25.1 Å². The first kappa shape index (κ1) is 15.6. The Morgan fingerprint density at radius 2 is 1.95 bits per heavy atom. The van der Waals surface area contributed by atoms with E-state index < -0.39 is 11.7 Å². The first-order chi connectivity index (χ1) is 9.88. The first-order valence-corrected chi connectivity index (χ1v) is 6.67. The second kappa shape index (κ2) is 6.30. The molecule has 3 nitrogen and oxygen atoms in total. The number of rotatable bonds is 5. The minimum atomic E-state index is -4.31. The Kier molecular flexibility index (Phi) is 4.67. The van der Waals surface area contributed by atoms with Crippen LogP contribution in [0.15, 0.2) is 34.9 Å². The maximum absolute atomic E-state index is 12.7. The molecule has 1 aromatic carbocycles. The second-order valence-electron chi connectivity index (χ2n) is 5.01.